The Morgan fingerprint density at radius 2 is 2.15 bits per heavy atom. The van der Waals surface area contributed by atoms with Gasteiger partial charge >= 0.3 is 5.97 Å². The van der Waals surface area contributed by atoms with Crippen molar-refractivity contribution in [1.82, 2.24) is 0 Å². The Hall–Kier alpha value is -1.62. The van der Waals surface area contributed by atoms with Crippen molar-refractivity contribution < 1.29 is 19.4 Å². The number of phenols is 1. The lowest BCUT2D eigenvalue weighted by Gasteiger charge is -2.07. The number of nitrogens with two attached hydrogens (primary N) is 1. The first-order valence-corrected chi connectivity index (χ1v) is 3.49. The van der Waals surface area contributed by atoms with Gasteiger partial charge in [0.25, 0.3) is 0 Å². The minimum atomic E-state index is -1.45. The van der Waals surface area contributed by atoms with Gasteiger partial charge in [0.15, 0.2) is 0 Å². The predicted octanol–water partition coefficient (Wildman–Crippen LogP) is 0.616. The van der Waals surface area contributed by atoms with E-state index in [0.717, 1.165) is 18.2 Å². The van der Waals surface area contributed by atoms with Gasteiger partial charge in [0.05, 0.1) is 0 Å². The summed E-state index contributed by atoms with van der Waals surface area (Å²) >= 11 is 0. The van der Waals surface area contributed by atoms with E-state index in [1.807, 2.05) is 0 Å². The molecule has 1 atom stereocenters. The Bertz CT molecular complexity index is 340. The van der Waals surface area contributed by atoms with Crippen LogP contribution in [0.2, 0.25) is 0 Å². The highest BCUT2D eigenvalue weighted by Gasteiger charge is 2.18. The van der Waals surface area contributed by atoms with E-state index in [0.29, 0.717) is 0 Å². The number of carbonyl (C=O) groups is 1. The zero-order chi connectivity index (χ0) is 10.0. The fourth-order valence-corrected chi connectivity index (χ4v) is 0.903. The van der Waals surface area contributed by atoms with Gasteiger partial charge < -0.3 is 15.9 Å². The predicted molar refractivity (Wildman–Crippen MR) is 42.6 cm³/mol. The zero-order valence-corrected chi connectivity index (χ0v) is 6.57. The van der Waals surface area contributed by atoms with E-state index in [4.69, 9.17) is 15.9 Å². The lowest BCUT2D eigenvalue weighted by molar-refractivity contribution is -0.138. The Kier molecular flexibility index (Phi) is 2.48. The fraction of sp³-hybridized carbons (Fsp3) is 0.125. The van der Waals surface area contributed by atoms with Crippen LogP contribution in [-0.4, -0.2) is 16.2 Å². The maximum Gasteiger partial charge on any atom is 0.325 e. The molecule has 0 saturated carbocycles. The molecule has 0 aromatic heterocycles. The molecule has 0 aliphatic rings. The number of hydrogen-bond donors (Lipinski definition) is 3. The van der Waals surface area contributed by atoms with Gasteiger partial charge in [0.2, 0.25) is 0 Å². The molecule has 1 rings (SSSR count). The highest BCUT2D eigenvalue weighted by Crippen LogP contribution is 2.20. The van der Waals surface area contributed by atoms with Crippen molar-refractivity contribution in [2.45, 2.75) is 6.04 Å². The number of carboxylic acids is 1. The summed E-state index contributed by atoms with van der Waals surface area (Å²) < 4.78 is 12.9. The SMILES string of the molecule is N[C@@H](C(=O)O)c1cc(O)ccc1F. The summed E-state index contributed by atoms with van der Waals surface area (Å²) in [5.41, 5.74) is 4.93. The van der Waals surface area contributed by atoms with Gasteiger partial charge in [-0.3, -0.25) is 4.79 Å². The van der Waals surface area contributed by atoms with E-state index >= 15 is 0 Å². The maximum atomic E-state index is 12.9. The highest BCUT2D eigenvalue weighted by molar-refractivity contribution is 5.75. The number of aromatic hydroxyl groups is 1. The molecule has 70 valence electrons. The molecule has 0 heterocycles. The number of hydrogen-bond acceptors (Lipinski definition) is 3. The third-order valence-corrected chi connectivity index (χ3v) is 1.58. The number of aliphatic carboxylic acids is 1. The Morgan fingerprint density at radius 1 is 1.54 bits per heavy atom. The molecule has 0 bridgehead atoms. The minimum absolute atomic E-state index is 0.215. The van der Waals surface area contributed by atoms with Crippen molar-refractivity contribution in [3.8, 4) is 5.75 Å². The second-order valence-corrected chi connectivity index (χ2v) is 2.52. The molecule has 1 aromatic carbocycles. The van der Waals surface area contributed by atoms with Gasteiger partial charge in [0, 0.05) is 5.56 Å². The van der Waals surface area contributed by atoms with Crippen molar-refractivity contribution >= 4 is 5.97 Å². The van der Waals surface area contributed by atoms with Crippen LogP contribution in [-0.2, 0) is 4.79 Å². The second-order valence-electron chi connectivity index (χ2n) is 2.52. The molecule has 13 heavy (non-hydrogen) atoms. The van der Waals surface area contributed by atoms with Gasteiger partial charge in [-0.25, -0.2) is 4.39 Å². The van der Waals surface area contributed by atoms with Gasteiger partial charge in [0.1, 0.15) is 17.6 Å². The average Bonchev–Trinajstić information content (AvgIpc) is 2.08. The average molecular weight is 185 g/mol. The molecule has 0 aliphatic carbocycles. The van der Waals surface area contributed by atoms with Crippen LogP contribution in [0.4, 0.5) is 4.39 Å². The van der Waals surface area contributed by atoms with Crippen LogP contribution < -0.4 is 5.73 Å². The monoisotopic (exact) mass is 185 g/mol. The number of phenolic OH excluding ortho intramolecular Hbond substituents is 1. The number of benzene rings is 1. The molecule has 5 heteroatoms. The van der Waals surface area contributed by atoms with Crippen molar-refractivity contribution in [3.05, 3.63) is 29.6 Å². The van der Waals surface area contributed by atoms with E-state index < -0.39 is 17.8 Å². The number of carboxylic acid groups (broad SMARTS) is 1. The molecule has 0 aliphatic heterocycles. The molecule has 0 radical (unpaired) electrons. The van der Waals surface area contributed by atoms with Crippen molar-refractivity contribution in [1.29, 1.82) is 0 Å². The van der Waals surface area contributed by atoms with Gasteiger partial charge in [-0.05, 0) is 18.2 Å². The maximum absolute atomic E-state index is 12.9. The first-order valence-electron chi connectivity index (χ1n) is 3.49. The van der Waals surface area contributed by atoms with Crippen LogP contribution in [0.1, 0.15) is 11.6 Å². The number of halogens is 1. The molecule has 0 spiro atoms. The van der Waals surface area contributed by atoms with Crippen LogP contribution in [0.25, 0.3) is 0 Å². The first kappa shape index (κ1) is 9.47. The molecule has 0 unspecified atom stereocenters. The summed E-state index contributed by atoms with van der Waals surface area (Å²) in [4.78, 5) is 10.4. The molecule has 4 N–H and O–H groups in total. The Balaban J connectivity index is 3.12. The van der Waals surface area contributed by atoms with Crippen LogP contribution in [0.3, 0.4) is 0 Å². The number of rotatable bonds is 2. The molecule has 0 amide bonds. The van der Waals surface area contributed by atoms with Crippen molar-refractivity contribution in [2.75, 3.05) is 0 Å². The van der Waals surface area contributed by atoms with Crippen LogP contribution in [0.15, 0.2) is 18.2 Å². The van der Waals surface area contributed by atoms with Crippen LogP contribution in [0, 0.1) is 5.82 Å². The standard InChI is InChI=1S/C8H8FNO3/c9-6-2-1-4(11)3-5(6)7(10)8(12)13/h1-3,7,11H,10H2,(H,12,13)/t7-/m1/s1. The lowest BCUT2D eigenvalue weighted by Crippen LogP contribution is -2.21. The third-order valence-electron chi connectivity index (χ3n) is 1.58. The zero-order valence-electron chi connectivity index (χ0n) is 6.57. The van der Waals surface area contributed by atoms with E-state index in [-0.39, 0.29) is 11.3 Å². The fourth-order valence-electron chi connectivity index (χ4n) is 0.903. The van der Waals surface area contributed by atoms with Crippen LogP contribution in [0.5, 0.6) is 5.75 Å². The highest BCUT2D eigenvalue weighted by atomic mass is 19.1. The van der Waals surface area contributed by atoms with Crippen LogP contribution >= 0.6 is 0 Å². The van der Waals surface area contributed by atoms with Gasteiger partial charge in [-0.2, -0.15) is 0 Å². The van der Waals surface area contributed by atoms with Gasteiger partial charge in [-0.1, -0.05) is 0 Å². The summed E-state index contributed by atoms with van der Waals surface area (Å²) in [7, 11) is 0. The third kappa shape index (κ3) is 1.94. The normalized spacial score (nSPS) is 12.5. The molecule has 0 fully saturated rings. The molecule has 0 saturated heterocycles. The summed E-state index contributed by atoms with van der Waals surface area (Å²) in [6.45, 7) is 0. The minimum Gasteiger partial charge on any atom is -0.508 e. The first-order chi connectivity index (χ1) is 6.02. The molecule has 1 aromatic rings. The van der Waals surface area contributed by atoms with Crippen molar-refractivity contribution in [3.63, 3.8) is 0 Å². The quantitative estimate of drug-likeness (QED) is 0.630. The summed E-state index contributed by atoms with van der Waals surface area (Å²) in [5.74, 6) is -2.30. The Morgan fingerprint density at radius 3 is 2.69 bits per heavy atom. The van der Waals surface area contributed by atoms with E-state index in [2.05, 4.69) is 0 Å². The molecular formula is C8H8FNO3. The summed E-state index contributed by atoms with van der Waals surface area (Å²) in [5, 5.41) is 17.4. The smallest absolute Gasteiger partial charge is 0.325 e. The lowest BCUT2D eigenvalue weighted by atomic mass is 10.1. The van der Waals surface area contributed by atoms with E-state index in [1.54, 1.807) is 0 Å². The van der Waals surface area contributed by atoms with Crippen molar-refractivity contribution in [2.24, 2.45) is 5.73 Å². The topological polar surface area (TPSA) is 83.6 Å². The van der Waals surface area contributed by atoms with Gasteiger partial charge in [-0.15, -0.1) is 0 Å². The molecular weight excluding hydrogens is 177 g/mol. The largest absolute Gasteiger partial charge is 0.508 e. The van der Waals surface area contributed by atoms with E-state index in [1.165, 1.54) is 0 Å². The summed E-state index contributed by atoms with van der Waals surface area (Å²) in [6.07, 6.45) is 0. The summed E-state index contributed by atoms with van der Waals surface area (Å²) in [6, 6.07) is 1.63. The second kappa shape index (κ2) is 3.40. The van der Waals surface area contributed by atoms with E-state index in [9.17, 15) is 9.18 Å². The Labute approximate surface area is 73.4 Å². The molecule has 4 nitrogen and oxygen atoms in total.